The van der Waals surface area contributed by atoms with E-state index in [1.54, 1.807) is 18.2 Å². The van der Waals surface area contributed by atoms with E-state index in [0.29, 0.717) is 50.5 Å². The van der Waals surface area contributed by atoms with Crippen LogP contribution in [0, 0.1) is 0 Å². The molecular formula is C52H45NO6P2S. The first-order chi connectivity index (χ1) is 30.4. The van der Waals surface area contributed by atoms with Crippen LogP contribution in [0.1, 0.15) is 35.2 Å². The Hall–Kier alpha value is -6.01. The highest BCUT2D eigenvalue weighted by molar-refractivity contribution is 7.75. The van der Waals surface area contributed by atoms with Gasteiger partial charge in [0.1, 0.15) is 23.9 Å². The van der Waals surface area contributed by atoms with Crippen LogP contribution in [0.5, 0.6) is 17.2 Å². The maximum Gasteiger partial charge on any atom is 0.306 e. The molecule has 1 aliphatic rings. The summed E-state index contributed by atoms with van der Waals surface area (Å²) in [4.78, 5) is 17.9. The quantitative estimate of drug-likeness (QED) is 0.0749. The van der Waals surface area contributed by atoms with E-state index in [9.17, 15) is 13.9 Å². The zero-order valence-corrected chi connectivity index (χ0v) is 36.7. The van der Waals surface area contributed by atoms with Crippen molar-refractivity contribution in [3.8, 4) is 27.7 Å². The summed E-state index contributed by atoms with van der Waals surface area (Å²) in [5, 5.41) is 3.09. The van der Waals surface area contributed by atoms with Crippen molar-refractivity contribution in [2.24, 2.45) is 0 Å². The van der Waals surface area contributed by atoms with Gasteiger partial charge in [0.2, 0.25) is 0 Å². The summed E-state index contributed by atoms with van der Waals surface area (Å²) in [7, 11) is -7.07. The first kappa shape index (κ1) is 41.3. The predicted octanol–water partition coefficient (Wildman–Crippen LogP) is 11.3. The lowest BCUT2D eigenvalue weighted by Crippen LogP contribution is -2.33. The van der Waals surface area contributed by atoms with Gasteiger partial charge in [0.15, 0.2) is 5.78 Å². The van der Waals surface area contributed by atoms with Gasteiger partial charge in [0, 0.05) is 32.6 Å². The van der Waals surface area contributed by atoms with Gasteiger partial charge in [0.25, 0.3) is 0 Å². The summed E-state index contributed by atoms with van der Waals surface area (Å²) >= 11 is 1.46. The Bertz CT molecular complexity index is 2780. The summed E-state index contributed by atoms with van der Waals surface area (Å²) in [6, 6.07) is 57.2. The number of hydrogen-bond acceptors (Lipinski definition) is 8. The topological polar surface area (TPSA) is 82.1 Å². The minimum atomic E-state index is -3.56. The minimum absolute atomic E-state index is 0.142. The molecule has 2 heterocycles. The van der Waals surface area contributed by atoms with Crippen LogP contribution >= 0.6 is 26.1 Å². The second kappa shape index (κ2) is 18.5. The van der Waals surface area contributed by atoms with Gasteiger partial charge in [-0.2, -0.15) is 0 Å². The molecule has 0 aliphatic carbocycles. The molecule has 1 aliphatic heterocycles. The first-order valence-corrected chi connectivity index (χ1v) is 24.9. The maximum atomic E-state index is 14.9. The molecule has 1 saturated heterocycles. The fourth-order valence-electron chi connectivity index (χ4n) is 7.85. The molecule has 8 aromatic rings. The Labute approximate surface area is 366 Å². The van der Waals surface area contributed by atoms with Crippen molar-refractivity contribution in [3.63, 3.8) is 0 Å². The Balaban J connectivity index is 1.06. The SMILES string of the molecule is O=C(c1ccc(OCCN2CCCCC2)cc1)c1c(-c2ccc(OP(=O)(c3ccccc3)c3ccccc3)cc2)sc2cc(OP(=O)(c3ccccc3)c3ccccc3)ccc12. The van der Waals surface area contributed by atoms with Crippen molar-refractivity contribution < 1.29 is 27.7 Å². The van der Waals surface area contributed by atoms with Crippen LogP contribution in [0.15, 0.2) is 188 Å². The highest BCUT2D eigenvalue weighted by Gasteiger charge is 2.32. The smallest absolute Gasteiger partial charge is 0.306 e. The van der Waals surface area contributed by atoms with Gasteiger partial charge in [-0.3, -0.25) is 18.8 Å². The van der Waals surface area contributed by atoms with E-state index in [2.05, 4.69) is 4.90 Å². The third-order valence-electron chi connectivity index (χ3n) is 11.1. The Kier molecular flexibility index (Phi) is 12.4. The lowest BCUT2D eigenvalue weighted by atomic mass is 9.97. The molecule has 0 atom stereocenters. The first-order valence-electron chi connectivity index (χ1n) is 20.9. The standard InChI is InChI=1S/C52H45NO6P2S/c54-51(39-24-28-41(29-25-39)57-37-36-53-34-14-5-15-35-53)50-48-33-32-43(59-61(56,46-20-10-3-11-21-46)47-22-12-4-13-23-47)38-49(48)62-52(50)40-26-30-42(31-27-40)58-60(55,44-16-6-1-7-17-44)45-18-8-2-9-19-45/h1-4,6-13,16-33,38H,5,14-15,34-37H2. The summed E-state index contributed by atoms with van der Waals surface area (Å²) in [6.45, 7) is 3.68. The van der Waals surface area contributed by atoms with Crippen LogP contribution in [-0.4, -0.2) is 36.9 Å². The molecule has 310 valence electrons. The monoisotopic (exact) mass is 873 g/mol. The van der Waals surface area contributed by atoms with Gasteiger partial charge < -0.3 is 13.8 Å². The van der Waals surface area contributed by atoms with E-state index in [4.69, 9.17) is 13.8 Å². The van der Waals surface area contributed by atoms with Gasteiger partial charge in [-0.25, -0.2) is 0 Å². The predicted molar refractivity (Wildman–Crippen MR) is 254 cm³/mol. The van der Waals surface area contributed by atoms with Crippen LogP contribution in [0.3, 0.4) is 0 Å². The van der Waals surface area contributed by atoms with E-state index >= 15 is 0 Å². The lowest BCUT2D eigenvalue weighted by Gasteiger charge is -2.26. The fourth-order valence-corrected chi connectivity index (χ4v) is 13.2. The number of rotatable bonds is 15. The third kappa shape index (κ3) is 8.84. The second-order valence-electron chi connectivity index (χ2n) is 15.2. The summed E-state index contributed by atoms with van der Waals surface area (Å²) in [6.07, 6.45) is 3.75. The van der Waals surface area contributed by atoms with Crippen LogP contribution in [0.2, 0.25) is 0 Å². The molecule has 0 N–H and O–H groups in total. The van der Waals surface area contributed by atoms with Gasteiger partial charge in [0.05, 0.1) is 21.2 Å². The van der Waals surface area contributed by atoms with Gasteiger partial charge in [-0.1, -0.05) is 79.2 Å². The van der Waals surface area contributed by atoms with E-state index in [-0.39, 0.29) is 5.78 Å². The maximum absolute atomic E-state index is 14.9. The largest absolute Gasteiger partial charge is 0.492 e. The Morgan fingerprint density at radius 1 is 0.532 bits per heavy atom. The normalized spacial score (nSPS) is 13.4. The molecule has 0 unspecified atom stereocenters. The van der Waals surface area contributed by atoms with Crippen LogP contribution in [0.25, 0.3) is 20.5 Å². The van der Waals surface area contributed by atoms with Crippen molar-refractivity contribution in [2.75, 3.05) is 26.2 Å². The number of carbonyl (C=O) groups is 1. The molecular weight excluding hydrogens is 829 g/mol. The number of piperidine rings is 1. The lowest BCUT2D eigenvalue weighted by molar-refractivity contribution is 0.104. The molecule has 1 fully saturated rings. The highest BCUT2D eigenvalue weighted by atomic mass is 32.1. The molecule has 0 bridgehead atoms. The molecule has 0 radical (unpaired) electrons. The second-order valence-corrected chi connectivity index (χ2v) is 20.9. The fraction of sp³-hybridized carbons (Fsp3) is 0.135. The minimum Gasteiger partial charge on any atom is -0.492 e. The third-order valence-corrected chi connectivity index (χ3v) is 17.1. The highest BCUT2D eigenvalue weighted by Crippen LogP contribution is 2.49. The number of hydrogen-bond donors (Lipinski definition) is 0. The summed E-state index contributed by atoms with van der Waals surface area (Å²) < 4.78 is 49.4. The number of nitrogens with zero attached hydrogens (tertiary/aromatic N) is 1. The average molecular weight is 874 g/mol. The number of carbonyl (C=O) groups excluding carboxylic acids is 1. The summed E-state index contributed by atoms with van der Waals surface area (Å²) in [5.74, 6) is 1.43. The molecule has 10 heteroatoms. The number of ether oxygens (including phenoxy) is 1. The molecule has 0 spiro atoms. The van der Waals surface area contributed by atoms with Crippen LogP contribution in [0.4, 0.5) is 0 Å². The van der Waals surface area contributed by atoms with Crippen molar-refractivity contribution in [1.82, 2.24) is 4.90 Å². The Morgan fingerprint density at radius 2 is 1.00 bits per heavy atom. The zero-order valence-electron chi connectivity index (χ0n) is 34.0. The Morgan fingerprint density at radius 3 is 1.52 bits per heavy atom. The average Bonchev–Trinajstić information content (AvgIpc) is 3.72. The van der Waals surface area contributed by atoms with E-state index < -0.39 is 14.7 Å². The zero-order chi connectivity index (χ0) is 42.4. The molecule has 7 nitrogen and oxygen atoms in total. The molecule has 0 saturated carbocycles. The number of benzene rings is 7. The number of thiophene rings is 1. The van der Waals surface area contributed by atoms with Crippen LogP contribution < -0.4 is 35.0 Å². The summed E-state index contributed by atoms with van der Waals surface area (Å²) in [5.41, 5.74) is 1.85. The van der Waals surface area contributed by atoms with Crippen molar-refractivity contribution in [2.45, 2.75) is 19.3 Å². The molecule has 1 aromatic heterocycles. The van der Waals surface area contributed by atoms with Crippen molar-refractivity contribution in [3.05, 3.63) is 199 Å². The number of fused-ring (bicyclic) bond motifs is 1. The molecule has 9 rings (SSSR count). The van der Waals surface area contributed by atoms with E-state index in [1.165, 1.54) is 30.6 Å². The van der Waals surface area contributed by atoms with Gasteiger partial charge >= 0.3 is 14.7 Å². The molecule has 7 aromatic carbocycles. The van der Waals surface area contributed by atoms with Crippen molar-refractivity contribution >= 4 is 63.2 Å². The van der Waals surface area contributed by atoms with E-state index in [1.807, 2.05) is 170 Å². The molecule has 62 heavy (non-hydrogen) atoms. The number of likely N-dealkylation sites (tertiary alicyclic amines) is 1. The number of ketones is 1. The molecule has 0 amide bonds. The van der Waals surface area contributed by atoms with E-state index in [0.717, 1.165) is 45.9 Å². The van der Waals surface area contributed by atoms with Gasteiger partial charge in [-0.05, 0) is 147 Å². The van der Waals surface area contributed by atoms with Crippen LogP contribution in [-0.2, 0) is 9.13 Å². The van der Waals surface area contributed by atoms with Crippen molar-refractivity contribution in [1.29, 1.82) is 0 Å². The van der Waals surface area contributed by atoms with Gasteiger partial charge in [-0.15, -0.1) is 11.3 Å².